The lowest BCUT2D eigenvalue weighted by atomic mass is 10.2. The number of alkyl halides is 3. The first kappa shape index (κ1) is 16.8. The largest absolute Gasteiger partial charge is 0.484 e. The minimum atomic E-state index is -4.34. The molecule has 3 rings (SSSR count). The van der Waals surface area contributed by atoms with Crippen LogP contribution in [-0.2, 0) is 6.54 Å². The average Bonchev–Trinajstić information content (AvgIpc) is 3.35. The molecule has 0 radical (unpaired) electrons. The lowest BCUT2D eigenvalue weighted by Crippen LogP contribution is -2.19. The predicted molar refractivity (Wildman–Crippen MR) is 84.3 cm³/mol. The summed E-state index contributed by atoms with van der Waals surface area (Å²) in [6.07, 6.45) is -2.18. The number of nitrogens with one attached hydrogen (secondary N) is 1. The van der Waals surface area contributed by atoms with E-state index in [0.717, 1.165) is 24.2 Å². The first-order chi connectivity index (χ1) is 11.4. The number of aromatic nitrogens is 2. The van der Waals surface area contributed by atoms with Crippen LogP contribution in [0.1, 0.15) is 30.1 Å². The highest BCUT2D eigenvalue weighted by Crippen LogP contribution is 2.38. The van der Waals surface area contributed by atoms with Gasteiger partial charge in [-0.15, -0.1) is 0 Å². The summed E-state index contributed by atoms with van der Waals surface area (Å²) in [6, 6.07) is 8.05. The van der Waals surface area contributed by atoms with Gasteiger partial charge >= 0.3 is 6.18 Å². The number of hydrogen-bond acceptors (Lipinski definition) is 4. The zero-order chi connectivity index (χ0) is 17.2. The van der Waals surface area contributed by atoms with Crippen molar-refractivity contribution in [3.8, 4) is 5.75 Å². The molecule has 1 aromatic carbocycles. The minimum Gasteiger partial charge on any atom is -0.484 e. The maximum Gasteiger partial charge on any atom is 0.422 e. The van der Waals surface area contributed by atoms with Crippen LogP contribution < -0.4 is 10.1 Å². The highest BCUT2D eigenvalue weighted by atomic mass is 35.5. The molecule has 4 nitrogen and oxygen atoms in total. The normalized spacial score (nSPS) is 14.5. The molecule has 1 aliphatic rings. The van der Waals surface area contributed by atoms with E-state index in [4.69, 9.17) is 11.6 Å². The first-order valence-electron chi connectivity index (χ1n) is 7.46. The second-order valence-corrected chi connectivity index (χ2v) is 6.00. The van der Waals surface area contributed by atoms with E-state index in [-0.39, 0.29) is 5.75 Å². The van der Waals surface area contributed by atoms with Gasteiger partial charge in [-0.2, -0.15) is 13.2 Å². The van der Waals surface area contributed by atoms with E-state index in [1.165, 1.54) is 12.1 Å². The number of nitrogens with zero attached hydrogens (tertiary/aromatic N) is 2. The molecule has 2 aromatic rings. The van der Waals surface area contributed by atoms with Gasteiger partial charge in [0.15, 0.2) is 6.61 Å². The Hall–Kier alpha value is -2.02. The number of hydrogen-bond donors (Lipinski definition) is 1. The monoisotopic (exact) mass is 357 g/mol. The lowest BCUT2D eigenvalue weighted by molar-refractivity contribution is -0.153. The second kappa shape index (κ2) is 6.84. The van der Waals surface area contributed by atoms with E-state index < -0.39 is 12.8 Å². The molecule has 1 N–H and O–H groups in total. The summed E-state index contributed by atoms with van der Waals surface area (Å²) in [5.74, 6) is 1.96. The highest BCUT2D eigenvalue weighted by molar-refractivity contribution is 6.29. The molecule has 24 heavy (non-hydrogen) atoms. The predicted octanol–water partition coefficient (Wildman–Crippen LogP) is 4.56. The molecular weight excluding hydrogens is 343 g/mol. The molecule has 128 valence electrons. The van der Waals surface area contributed by atoms with Crippen LogP contribution in [0.15, 0.2) is 30.3 Å². The van der Waals surface area contributed by atoms with Gasteiger partial charge in [0.2, 0.25) is 0 Å². The van der Waals surface area contributed by atoms with Crippen LogP contribution in [-0.4, -0.2) is 22.8 Å². The van der Waals surface area contributed by atoms with E-state index >= 15 is 0 Å². The summed E-state index contributed by atoms with van der Waals surface area (Å²) in [4.78, 5) is 8.64. The fourth-order valence-corrected chi connectivity index (χ4v) is 2.30. The molecule has 0 aliphatic heterocycles. The smallest absolute Gasteiger partial charge is 0.422 e. The van der Waals surface area contributed by atoms with E-state index in [9.17, 15) is 13.2 Å². The number of halogens is 4. The van der Waals surface area contributed by atoms with E-state index in [1.807, 2.05) is 0 Å². The van der Waals surface area contributed by atoms with Crippen molar-refractivity contribution < 1.29 is 17.9 Å². The lowest BCUT2D eigenvalue weighted by Gasteiger charge is -2.10. The summed E-state index contributed by atoms with van der Waals surface area (Å²) in [7, 11) is 0. The van der Waals surface area contributed by atoms with E-state index in [1.54, 1.807) is 18.2 Å². The maximum absolute atomic E-state index is 12.1. The van der Waals surface area contributed by atoms with Gasteiger partial charge in [0.1, 0.15) is 22.5 Å². The Kier molecular flexibility index (Phi) is 4.80. The first-order valence-corrected chi connectivity index (χ1v) is 7.84. The molecule has 0 saturated heterocycles. The third-order valence-electron chi connectivity index (χ3n) is 3.45. The standard InChI is InChI=1S/C16H15ClF3N3O/c17-13-7-14(23-15(22-13)11-3-4-11)21-8-10-1-5-12(6-2-10)24-9-16(18,19)20/h1-2,5-7,11H,3-4,8-9H2,(H,21,22,23). The molecule has 1 aromatic heterocycles. The molecule has 0 amide bonds. The Morgan fingerprint density at radius 2 is 1.88 bits per heavy atom. The highest BCUT2D eigenvalue weighted by Gasteiger charge is 2.28. The fraction of sp³-hybridized carbons (Fsp3) is 0.375. The van der Waals surface area contributed by atoms with Crippen molar-refractivity contribution >= 4 is 17.4 Å². The van der Waals surface area contributed by atoms with Crippen molar-refractivity contribution in [2.75, 3.05) is 11.9 Å². The fourth-order valence-electron chi connectivity index (χ4n) is 2.11. The van der Waals surface area contributed by atoms with Gasteiger partial charge in [-0.3, -0.25) is 0 Å². The third-order valence-corrected chi connectivity index (χ3v) is 3.65. The van der Waals surface area contributed by atoms with Gasteiger partial charge in [0, 0.05) is 18.5 Å². The minimum absolute atomic E-state index is 0.178. The summed E-state index contributed by atoms with van der Waals surface area (Å²) in [5.41, 5.74) is 0.886. The molecule has 1 fully saturated rings. The number of ether oxygens (including phenoxy) is 1. The van der Waals surface area contributed by atoms with Crippen LogP contribution in [0.25, 0.3) is 0 Å². The maximum atomic E-state index is 12.1. The Morgan fingerprint density at radius 3 is 2.50 bits per heavy atom. The molecule has 0 unspecified atom stereocenters. The van der Waals surface area contributed by atoms with E-state index in [0.29, 0.717) is 23.4 Å². The van der Waals surface area contributed by atoms with Gasteiger partial charge in [-0.1, -0.05) is 23.7 Å². The molecule has 1 aliphatic carbocycles. The molecule has 1 saturated carbocycles. The van der Waals surface area contributed by atoms with Crippen LogP contribution in [0, 0.1) is 0 Å². The zero-order valence-electron chi connectivity index (χ0n) is 12.6. The molecule has 1 heterocycles. The van der Waals surface area contributed by atoms with Gasteiger partial charge in [-0.05, 0) is 30.5 Å². The van der Waals surface area contributed by atoms with Crippen LogP contribution in [0.4, 0.5) is 19.0 Å². The zero-order valence-corrected chi connectivity index (χ0v) is 13.4. The average molecular weight is 358 g/mol. The Bertz CT molecular complexity index is 703. The molecule has 8 heteroatoms. The second-order valence-electron chi connectivity index (χ2n) is 5.61. The van der Waals surface area contributed by atoms with Crippen molar-refractivity contribution in [1.29, 1.82) is 0 Å². The van der Waals surface area contributed by atoms with Crippen LogP contribution in [0.5, 0.6) is 5.75 Å². The van der Waals surface area contributed by atoms with Crippen molar-refractivity contribution in [2.24, 2.45) is 0 Å². The molecule has 0 bridgehead atoms. The van der Waals surface area contributed by atoms with Crippen molar-refractivity contribution in [3.63, 3.8) is 0 Å². The molecule has 0 atom stereocenters. The summed E-state index contributed by atoms with van der Waals surface area (Å²) < 4.78 is 41.0. The Morgan fingerprint density at radius 1 is 1.17 bits per heavy atom. The topological polar surface area (TPSA) is 47.0 Å². The van der Waals surface area contributed by atoms with Crippen LogP contribution >= 0.6 is 11.6 Å². The van der Waals surface area contributed by atoms with Gasteiger partial charge in [0.25, 0.3) is 0 Å². The Labute approximate surface area is 142 Å². The number of rotatable bonds is 6. The van der Waals surface area contributed by atoms with Gasteiger partial charge in [-0.25, -0.2) is 9.97 Å². The van der Waals surface area contributed by atoms with Gasteiger partial charge in [0.05, 0.1) is 0 Å². The third kappa shape index (κ3) is 4.99. The molecular formula is C16H15ClF3N3O. The summed E-state index contributed by atoms with van der Waals surface area (Å²) in [5, 5.41) is 3.54. The van der Waals surface area contributed by atoms with Gasteiger partial charge < -0.3 is 10.1 Å². The summed E-state index contributed by atoms with van der Waals surface area (Å²) >= 11 is 6.00. The SMILES string of the molecule is FC(F)(F)COc1ccc(CNc2cc(Cl)nc(C3CC3)n2)cc1. The van der Waals surface area contributed by atoms with Crippen molar-refractivity contribution in [2.45, 2.75) is 31.5 Å². The molecule has 0 spiro atoms. The number of benzene rings is 1. The van der Waals surface area contributed by atoms with E-state index in [2.05, 4.69) is 20.0 Å². The number of anilines is 1. The summed E-state index contributed by atoms with van der Waals surface area (Å²) in [6.45, 7) is -0.828. The van der Waals surface area contributed by atoms with Crippen molar-refractivity contribution in [3.05, 3.63) is 46.9 Å². The van der Waals surface area contributed by atoms with Crippen LogP contribution in [0.3, 0.4) is 0 Å². The Balaban J connectivity index is 1.57. The quantitative estimate of drug-likeness (QED) is 0.770. The van der Waals surface area contributed by atoms with Crippen molar-refractivity contribution in [1.82, 2.24) is 9.97 Å². The van der Waals surface area contributed by atoms with Crippen LogP contribution in [0.2, 0.25) is 5.15 Å².